The van der Waals surface area contributed by atoms with Crippen LogP contribution < -0.4 is 0 Å². The summed E-state index contributed by atoms with van der Waals surface area (Å²) in [6.07, 6.45) is 1.71. The van der Waals surface area contributed by atoms with Gasteiger partial charge in [-0.05, 0) is 18.8 Å². The van der Waals surface area contributed by atoms with E-state index in [1.54, 1.807) is 6.07 Å². The second-order valence-corrected chi connectivity index (χ2v) is 5.89. The van der Waals surface area contributed by atoms with Crippen LogP contribution in [0.25, 0.3) is 0 Å². The Balaban J connectivity index is 2.44. The number of benzene rings is 1. The van der Waals surface area contributed by atoms with Crippen LogP contribution >= 0.6 is 0 Å². The van der Waals surface area contributed by atoms with E-state index in [2.05, 4.69) is 0 Å². The summed E-state index contributed by atoms with van der Waals surface area (Å²) in [7, 11) is 0. The highest BCUT2D eigenvalue weighted by molar-refractivity contribution is 5.83. The van der Waals surface area contributed by atoms with Gasteiger partial charge >= 0.3 is 0 Å². The molecule has 1 aromatic carbocycles. The van der Waals surface area contributed by atoms with Gasteiger partial charge in [0.15, 0.2) is 0 Å². The Morgan fingerprint density at radius 1 is 1.27 bits per heavy atom. The second kappa shape index (κ2) is 6.64. The first-order valence-corrected chi connectivity index (χ1v) is 7.28. The SMILES string of the molecule is C[C@H]1CCC(=O)[C@H]([C@@H](C[N+](=O)[O-])c2ccccc2[N+](=O)[O-])C1. The molecule has 0 spiro atoms. The fraction of sp³-hybridized carbons (Fsp3) is 0.533. The topological polar surface area (TPSA) is 103 Å². The van der Waals surface area contributed by atoms with Crippen LogP contribution in [0.5, 0.6) is 0 Å². The lowest BCUT2D eigenvalue weighted by Crippen LogP contribution is -2.32. The van der Waals surface area contributed by atoms with Crippen molar-refractivity contribution in [2.24, 2.45) is 11.8 Å². The predicted molar refractivity (Wildman–Crippen MR) is 79.2 cm³/mol. The highest BCUT2D eigenvalue weighted by Crippen LogP contribution is 2.39. The number of rotatable bonds is 5. The molecule has 22 heavy (non-hydrogen) atoms. The fourth-order valence-corrected chi connectivity index (χ4v) is 3.22. The minimum Gasteiger partial charge on any atom is -0.299 e. The zero-order valence-electron chi connectivity index (χ0n) is 12.3. The molecular formula is C15H18N2O5. The van der Waals surface area contributed by atoms with E-state index in [-0.39, 0.29) is 17.0 Å². The number of hydrogen-bond acceptors (Lipinski definition) is 5. The molecule has 0 N–H and O–H groups in total. The lowest BCUT2D eigenvalue weighted by atomic mass is 9.72. The van der Waals surface area contributed by atoms with Crippen LogP contribution in [0.15, 0.2) is 24.3 Å². The Hall–Kier alpha value is -2.31. The maximum atomic E-state index is 12.2. The second-order valence-electron chi connectivity index (χ2n) is 5.89. The van der Waals surface area contributed by atoms with E-state index in [4.69, 9.17) is 0 Å². The molecule has 0 amide bonds. The minimum atomic E-state index is -0.744. The third-order valence-corrected chi connectivity index (χ3v) is 4.32. The number of nitro groups is 2. The van der Waals surface area contributed by atoms with Gasteiger partial charge in [0.1, 0.15) is 5.78 Å². The van der Waals surface area contributed by atoms with Gasteiger partial charge in [0.05, 0.1) is 10.8 Å². The van der Waals surface area contributed by atoms with Crippen molar-refractivity contribution in [3.63, 3.8) is 0 Å². The van der Waals surface area contributed by atoms with Crippen molar-refractivity contribution >= 4 is 11.5 Å². The normalized spacial score (nSPS) is 23.0. The number of carbonyl (C=O) groups is 1. The summed E-state index contributed by atoms with van der Waals surface area (Å²) >= 11 is 0. The monoisotopic (exact) mass is 306 g/mol. The van der Waals surface area contributed by atoms with Crippen LogP contribution in [0, 0.1) is 32.1 Å². The molecule has 3 atom stereocenters. The first-order chi connectivity index (χ1) is 10.4. The summed E-state index contributed by atoms with van der Waals surface area (Å²) in [5, 5.41) is 22.2. The summed E-state index contributed by atoms with van der Waals surface area (Å²) in [4.78, 5) is 33.4. The molecule has 0 aliphatic heterocycles. The molecule has 0 unspecified atom stereocenters. The van der Waals surface area contributed by atoms with E-state index in [1.807, 2.05) is 6.92 Å². The molecule has 1 aliphatic rings. The molecule has 0 bridgehead atoms. The Kier molecular flexibility index (Phi) is 4.85. The average molecular weight is 306 g/mol. The number of ketones is 1. The molecule has 0 aromatic heterocycles. The van der Waals surface area contributed by atoms with Gasteiger partial charge in [-0.1, -0.05) is 25.1 Å². The van der Waals surface area contributed by atoms with Gasteiger partial charge in [0, 0.05) is 28.9 Å². The zero-order valence-corrected chi connectivity index (χ0v) is 12.3. The summed E-state index contributed by atoms with van der Waals surface area (Å²) < 4.78 is 0. The highest BCUT2D eigenvalue weighted by Gasteiger charge is 2.39. The van der Waals surface area contributed by atoms with E-state index >= 15 is 0 Å². The Morgan fingerprint density at radius 3 is 2.59 bits per heavy atom. The number of carbonyl (C=O) groups excluding carboxylic acids is 1. The molecule has 0 radical (unpaired) electrons. The van der Waals surface area contributed by atoms with Crippen molar-refractivity contribution in [2.75, 3.05) is 6.54 Å². The van der Waals surface area contributed by atoms with Gasteiger partial charge < -0.3 is 0 Å². The smallest absolute Gasteiger partial charge is 0.273 e. The Morgan fingerprint density at radius 2 is 1.95 bits per heavy atom. The fourth-order valence-electron chi connectivity index (χ4n) is 3.22. The van der Waals surface area contributed by atoms with Crippen LogP contribution in [0.1, 0.15) is 37.7 Å². The van der Waals surface area contributed by atoms with Crippen molar-refractivity contribution in [2.45, 2.75) is 32.1 Å². The predicted octanol–water partition coefficient (Wildman–Crippen LogP) is 2.96. The zero-order chi connectivity index (χ0) is 16.3. The summed E-state index contributed by atoms with van der Waals surface area (Å²) in [5.74, 6) is -0.995. The molecular weight excluding hydrogens is 288 g/mol. The molecule has 1 aromatic rings. The molecule has 0 heterocycles. The molecule has 118 valence electrons. The van der Waals surface area contributed by atoms with E-state index in [1.165, 1.54) is 18.2 Å². The number of nitrogens with zero attached hydrogens (tertiary/aromatic N) is 2. The van der Waals surface area contributed by atoms with Gasteiger partial charge in [-0.25, -0.2) is 0 Å². The summed E-state index contributed by atoms with van der Waals surface area (Å²) in [6, 6.07) is 6.00. The van der Waals surface area contributed by atoms with Gasteiger partial charge in [0.25, 0.3) is 5.69 Å². The van der Waals surface area contributed by atoms with Crippen molar-refractivity contribution in [1.29, 1.82) is 0 Å². The molecule has 7 heteroatoms. The highest BCUT2D eigenvalue weighted by atomic mass is 16.6. The third-order valence-electron chi connectivity index (χ3n) is 4.32. The van der Waals surface area contributed by atoms with Crippen molar-refractivity contribution < 1.29 is 14.6 Å². The summed E-state index contributed by atoms with van der Waals surface area (Å²) in [5.41, 5.74) is 0.136. The Labute approximate surface area is 127 Å². The first-order valence-electron chi connectivity index (χ1n) is 7.28. The van der Waals surface area contributed by atoms with Gasteiger partial charge in [-0.3, -0.25) is 25.0 Å². The third kappa shape index (κ3) is 3.47. The van der Waals surface area contributed by atoms with Crippen LogP contribution in [-0.2, 0) is 4.79 Å². The number of nitro benzene ring substituents is 1. The van der Waals surface area contributed by atoms with E-state index < -0.39 is 28.2 Å². The van der Waals surface area contributed by atoms with E-state index in [9.17, 15) is 25.0 Å². The van der Waals surface area contributed by atoms with Gasteiger partial charge in [-0.15, -0.1) is 0 Å². The number of Topliss-reactive ketones (excluding diaryl/α,β-unsaturated/α-hetero) is 1. The van der Waals surface area contributed by atoms with Crippen LogP contribution in [-0.4, -0.2) is 22.2 Å². The van der Waals surface area contributed by atoms with Crippen molar-refractivity contribution in [3.05, 3.63) is 50.1 Å². The molecule has 7 nitrogen and oxygen atoms in total. The summed E-state index contributed by atoms with van der Waals surface area (Å²) in [6.45, 7) is 1.54. The quantitative estimate of drug-likeness (QED) is 0.614. The molecule has 0 saturated heterocycles. The molecule has 1 fully saturated rings. The largest absolute Gasteiger partial charge is 0.299 e. The lowest BCUT2D eigenvalue weighted by molar-refractivity contribution is -0.485. The molecule has 1 saturated carbocycles. The molecule has 1 aliphatic carbocycles. The van der Waals surface area contributed by atoms with Crippen molar-refractivity contribution in [1.82, 2.24) is 0 Å². The number of hydrogen-bond donors (Lipinski definition) is 0. The van der Waals surface area contributed by atoms with Crippen molar-refractivity contribution in [3.8, 4) is 0 Å². The minimum absolute atomic E-state index is 0.0249. The van der Waals surface area contributed by atoms with Crippen LogP contribution in [0.4, 0.5) is 5.69 Å². The van der Waals surface area contributed by atoms with Crippen LogP contribution in [0.2, 0.25) is 0 Å². The lowest BCUT2D eigenvalue weighted by Gasteiger charge is -2.30. The molecule has 2 rings (SSSR count). The standard InChI is InChI=1S/C15H18N2O5/c1-10-6-7-15(18)12(8-10)13(9-16(19)20)11-4-2-3-5-14(11)17(21)22/h2-5,10,12-13H,6-9H2,1H3/t10-,12-,13-/m0/s1. The van der Waals surface area contributed by atoms with Gasteiger partial charge in [-0.2, -0.15) is 0 Å². The first kappa shape index (κ1) is 16.1. The van der Waals surface area contributed by atoms with Gasteiger partial charge in [0.2, 0.25) is 6.54 Å². The van der Waals surface area contributed by atoms with Crippen LogP contribution in [0.3, 0.4) is 0 Å². The van der Waals surface area contributed by atoms with E-state index in [0.717, 1.165) is 6.42 Å². The maximum Gasteiger partial charge on any atom is 0.273 e. The van der Waals surface area contributed by atoms with E-state index in [0.29, 0.717) is 18.8 Å². The Bertz CT molecular complexity index is 601. The average Bonchev–Trinajstić information content (AvgIpc) is 2.47. The maximum absolute atomic E-state index is 12.2. The number of para-hydroxylation sites is 1.